The summed E-state index contributed by atoms with van der Waals surface area (Å²) in [5.41, 5.74) is 9.17. The van der Waals surface area contributed by atoms with Gasteiger partial charge in [-0.2, -0.15) is 16.9 Å². The number of hydrogen-bond donors (Lipinski definition) is 1. The first kappa shape index (κ1) is 11.6. The Morgan fingerprint density at radius 1 is 1.43 bits per heavy atom. The highest BCUT2D eigenvalue weighted by atomic mass is 32.2. The molecule has 2 N–H and O–H groups in total. The van der Waals surface area contributed by atoms with Gasteiger partial charge in [0, 0.05) is 24.3 Å². The molecule has 1 aromatic rings. The highest BCUT2D eigenvalue weighted by Gasteiger charge is 2.08. The molecule has 1 aromatic heterocycles. The lowest BCUT2D eigenvalue weighted by Crippen LogP contribution is -2.05. The zero-order valence-electron chi connectivity index (χ0n) is 9.21. The summed E-state index contributed by atoms with van der Waals surface area (Å²) in [6.07, 6.45) is 3.31. The number of aryl methyl sites for hydroxylation is 2. The van der Waals surface area contributed by atoms with Crippen LogP contribution in [0.2, 0.25) is 0 Å². The predicted octanol–water partition coefficient (Wildman–Crippen LogP) is 1.71. The molecule has 4 heteroatoms. The number of rotatable bonds is 5. The van der Waals surface area contributed by atoms with Crippen LogP contribution in [0.5, 0.6) is 0 Å². The third kappa shape index (κ3) is 2.51. The maximum atomic E-state index is 5.66. The molecule has 0 unspecified atom stereocenters. The average Bonchev–Trinajstić information content (AvgIpc) is 2.42. The van der Waals surface area contributed by atoms with Crippen LogP contribution in [0.3, 0.4) is 0 Å². The summed E-state index contributed by atoms with van der Waals surface area (Å²) in [6.45, 7) is 5.73. The van der Waals surface area contributed by atoms with E-state index < -0.39 is 0 Å². The number of nitrogens with two attached hydrogens (primary N) is 1. The molecule has 0 bridgehead atoms. The molecular formula is C10H19N3S. The van der Waals surface area contributed by atoms with Crippen molar-refractivity contribution in [1.29, 1.82) is 0 Å². The summed E-state index contributed by atoms with van der Waals surface area (Å²) < 4.78 is 2.08. The Morgan fingerprint density at radius 3 is 2.64 bits per heavy atom. The van der Waals surface area contributed by atoms with Crippen molar-refractivity contribution in [2.75, 3.05) is 12.0 Å². The van der Waals surface area contributed by atoms with E-state index >= 15 is 0 Å². The standard InChI is InChI=1S/C10H19N3S/c1-8-10(7-11)9(2)13(12-8)5-4-6-14-3/h4-7,11H2,1-3H3. The fraction of sp³-hybridized carbons (Fsp3) is 0.700. The Morgan fingerprint density at radius 2 is 2.14 bits per heavy atom. The molecule has 80 valence electrons. The van der Waals surface area contributed by atoms with Crippen molar-refractivity contribution in [3.05, 3.63) is 17.0 Å². The van der Waals surface area contributed by atoms with Gasteiger partial charge < -0.3 is 5.73 Å². The third-order valence-corrected chi connectivity index (χ3v) is 3.15. The molecule has 0 spiro atoms. The van der Waals surface area contributed by atoms with Gasteiger partial charge in [-0.05, 0) is 32.3 Å². The van der Waals surface area contributed by atoms with E-state index in [-0.39, 0.29) is 0 Å². The van der Waals surface area contributed by atoms with Crippen molar-refractivity contribution in [2.24, 2.45) is 5.73 Å². The van der Waals surface area contributed by atoms with Gasteiger partial charge in [-0.3, -0.25) is 4.68 Å². The second-order valence-electron chi connectivity index (χ2n) is 3.42. The molecule has 14 heavy (non-hydrogen) atoms. The van der Waals surface area contributed by atoms with Crippen LogP contribution in [0.25, 0.3) is 0 Å². The van der Waals surface area contributed by atoms with Gasteiger partial charge in [0.1, 0.15) is 0 Å². The minimum atomic E-state index is 0.597. The van der Waals surface area contributed by atoms with E-state index in [1.807, 2.05) is 18.7 Å². The van der Waals surface area contributed by atoms with Crippen LogP contribution in [0.4, 0.5) is 0 Å². The summed E-state index contributed by atoms with van der Waals surface area (Å²) >= 11 is 1.88. The summed E-state index contributed by atoms with van der Waals surface area (Å²) in [5.74, 6) is 1.19. The SMILES string of the molecule is CSCCCn1nc(C)c(CN)c1C. The number of hydrogen-bond acceptors (Lipinski definition) is 3. The van der Waals surface area contributed by atoms with Gasteiger partial charge in [-0.15, -0.1) is 0 Å². The maximum absolute atomic E-state index is 5.66. The molecule has 0 aromatic carbocycles. The Labute approximate surface area is 90.1 Å². The van der Waals surface area contributed by atoms with Crippen molar-refractivity contribution in [3.8, 4) is 0 Å². The van der Waals surface area contributed by atoms with Gasteiger partial charge in [-0.25, -0.2) is 0 Å². The molecule has 0 aliphatic rings. The molecule has 0 saturated heterocycles. The average molecular weight is 213 g/mol. The summed E-state index contributed by atoms with van der Waals surface area (Å²) in [4.78, 5) is 0. The van der Waals surface area contributed by atoms with E-state index in [9.17, 15) is 0 Å². The first-order chi connectivity index (χ1) is 6.70. The van der Waals surface area contributed by atoms with Crippen molar-refractivity contribution < 1.29 is 0 Å². The molecule has 0 atom stereocenters. The van der Waals surface area contributed by atoms with Crippen LogP contribution >= 0.6 is 11.8 Å². The van der Waals surface area contributed by atoms with Crippen LogP contribution in [-0.4, -0.2) is 21.8 Å². The predicted molar refractivity (Wildman–Crippen MR) is 62.6 cm³/mol. The van der Waals surface area contributed by atoms with Crippen molar-refractivity contribution in [2.45, 2.75) is 33.4 Å². The normalized spacial score (nSPS) is 10.9. The number of thioether (sulfide) groups is 1. The minimum absolute atomic E-state index is 0.597. The fourth-order valence-electron chi connectivity index (χ4n) is 1.61. The highest BCUT2D eigenvalue weighted by molar-refractivity contribution is 7.98. The smallest absolute Gasteiger partial charge is 0.0641 e. The van der Waals surface area contributed by atoms with Gasteiger partial charge in [0.05, 0.1) is 5.69 Å². The van der Waals surface area contributed by atoms with E-state index in [1.54, 1.807) is 0 Å². The van der Waals surface area contributed by atoms with Crippen molar-refractivity contribution in [3.63, 3.8) is 0 Å². The molecule has 0 radical (unpaired) electrons. The molecule has 1 rings (SSSR count). The third-order valence-electron chi connectivity index (χ3n) is 2.45. The van der Waals surface area contributed by atoms with Gasteiger partial charge in [-0.1, -0.05) is 0 Å². The van der Waals surface area contributed by atoms with E-state index in [2.05, 4.69) is 23.0 Å². The Kier molecular flexibility index (Phi) is 4.48. The lowest BCUT2D eigenvalue weighted by molar-refractivity contribution is 0.586. The zero-order chi connectivity index (χ0) is 10.6. The number of aromatic nitrogens is 2. The quantitative estimate of drug-likeness (QED) is 0.757. The van der Waals surface area contributed by atoms with Gasteiger partial charge in [0.2, 0.25) is 0 Å². The zero-order valence-corrected chi connectivity index (χ0v) is 10.0. The molecule has 0 fully saturated rings. The van der Waals surface area contributed by atoms with Crippen LogP contribution < -0.4 is 5.73 Å². The molecule has 1 heterocycles. The summed E-state index contributed by atoms with van der Waals surface area (Å²) in [7, 11) is 0. The van der Waals surface area contributed by atoms with Crippen LogP contribution in [0, 0.1) is 13.8 Å². The van der Waals surface area contributed by atoms with Gasteiger partial charge in [0.25, 0.3) is 0 Å². The second-order valence-corrected chi connectivity index (χ2v) is 4.41. The molecule has 0 amide bonds. The second kappa shape index (κ2) is 5.41. The van der Waals surface area contributed by atoms with Crippen molar-refractivity contribution >= 4 is 11.8 Å². The molecular weight excluding hydrogens is 194 g/mol. The Balaban J connectivity index is 2.68. The monoisotopic (exact) mass is 213 g/mol. The van der Waals surface area contributed by atoms with E-state index in [4.69, 9.17) is 5.73 Å². The Bertz CT molecular complexity index is 294. The van der Waals surface area contributed by atoms with Gasteiger partial charge in [0.15, 0.2) is 0 Å². The largest absolute Gasteiger partial charge is 0.326 e. The minimum Gasteiger partial charge on any atom is -0.326 e. The highest BCUT2D eigenvalue weighted by Crippen LogP contribution is 2.12. The molecule has 0 aliphatic carbocycles. The lowest BCUT2D eigenvalue weighted by Gasteiger charge is -2.03. The topological polar surface area (TPSA) is 43.8 Å². The number of nitrogens with zero attached hydrogens (tertiary/aromatic N) is 2. The van der Waals surface area contributed by atoms with Crippen LogP contribution in [-0.2, 0) is 13.1 Å². The lowest BCUT2D eigenvalue weighted by atomic mass is 10.2. The van der Waals surface area contributed by atoms with Gasteiger partial charge >= 0.3 is 0 Å². The first-order valence-electron chi connectivity index (χ1n) is 4.92. The molecule has 0 saturated carbocycles. The van der Waals surface area contributed by atoms with Crippen LogP contribution in [0.15, 0.2) is 0 Å². The fourth-order valence-corrected chi connectivity index (χ4v) is 2.02. The van der Waals surface area contributed by atoms with Crippen molar-refractivity contribution in [1.82, 2.24) is 9.78 Å². The van der Waals surface area contributed by atoms with Crippen LogP contribution in [0.1, 0.15) is 23.4 Å². The first-order valence-corrected chi connectivity index (χ1v) is 6.32. The molecule has 3 nitrogen and oxygen atoms in total. The van der Waals surface area contributed by atoms with E-state index in [0.29, 0.717) is 6.54 Å². The van der Waals surface area contributed by atoms with E-state index in [1.165, 1.54) is 23.4 Å². The molecule has 0 aliphatic heterocycles. The summed E-state index contributed by atoms with van der Waals surface area (Å²) in [5, 5.41) is 4.48. The Hall–Kier alpha value is -0.480. The maximum Gasteiger partial charge on any atom is 0.0641 e. The van der Waals surface area contributed by atoms with E-state index in [0.717, 1.165) is 12.2 Å². The summed E-state index contributed by atoms with van der Waals surface area (Å²) in [6, 6.07) is 0.